The molecule has 1 aromatic heterocycles. The summed E-state index contributed by atoms with van der Waals surface area (Å²) >= 11 is 0. The molecule has 1 atom stereocenters. The van der Waals surface area contributed by atoms with E-state index in [2.05, 4.69) is 10.3 Å². The summed E-state index contributed by atoms with van der Waals surface area (Å²) in [5.74, 6) is 0.381. The molecule has 17 heavy (non-hydrogen) atoms. The van der Waals surface area contributed by atoms with Gasteiger partial charge in [0.25, 0.3) is 5.56 Å². The lowest BCUT2D eigenvalue weighted by Gasteiger charge is -2.15. The third-order valence-corrected chi connectivity index (χ3v) is 2.60. The van der Waals surface area contributed by atoms with Gasteiger partial charge in [-0.25, -0.2) is 4.98 Å². The number of nitrogens with zero attached hydrogens (tertiary/aromatic N) is 2. The van der Waals surface area contributed by atoms with Crippen molar-refractivity contribution in [3.05, 3.63) is 22.7 Å². The fourth-order valence-corrected chi connectivity index (χ4v) is 1.63. The van der Waals surface area contributed by atoms with Gasteiger partial charge in [0.2, 0.25) is 0 Å². The maximum Gasteiger partial charge on any atom is 0.293 e. The maximum atomic E-state index is 12.0. The van der Waals surface area contributed by atoms with Gasteiger partial charge in [0.1, 0.15) is 0 Å². The number of aliphatic hydroxyl groups excluding tert-OH is 1. The first-order valence-electron chi connectivity index (χ1n) is 6.00. The molecule has 5 heteroatoms. The third-order valence-electron chi connectivity index (χ3n) is 2.60. The average molecular weight is 239 g/mol. The monoisotopic (exact) mass is 239 g/mol. The number of rotatable bonds is 6. The first-order valence-corrected chi connectivity index (χ1v) is 6.00. The van der Waals surface area contributed by atoms with Crippen molar-refractivity contribution < 1.29 is 5.11 Å². The molecule has 1 unspecified atom stereocenters. The molecule has 5 nitrogen and oxygen atoms in total. The normalized spacial score (nSPS) is 12.8. The van der Waals surface area contributed by atoms with Crippen LogP contribution in [-0.2, 0) is 0 Å². The largest absolute Gasteiger partial charge is 0.396 e. The van der Waals surface area contributed by atoms with E-state index in [0.717, 1.165) is 12.8 Å². The van der Waals surface area contributed by atoms with Crippen LogP contribution >= 0.6 is 0 Å². The van der Waals surface area contributed by atoms with Crippen molar-refractivity contribution >= 4 is 5.82 Å². The Morgan fingerprint density at radius 2 is 2.18 bits per heavy atom. The summed E-state index contributed by atoms with van der Waals surface area (Å²) < 4.78 is 1.65. The molecule has 0 aromatic carbocycles. The molecule has 1 heterocycles. The van der Waals surface area contributed by atoms with Crippen molar-refractivity contribution in [3.8, 4) is 0 Å². The quantitative estimate of drug-likeness (QED) is 0.787. The molecule has 0 amide bonds. The Kier molecular flexibility index (Phi) is 5.15. The highest BCUT2D eigenvalue weighted by atomic mass is 16.2. The van der Waals surface area contributed by atoms with E-state index < -0.39 is 0 Å². The summed E-state index contributed by atoms with van der Waals surface area (Å²) in [7, 11) is 0. The van der Waals surface area contributed by atoms with Crippen molar-refractivity contribution in [2.24, 2.45) is 0 Å². The highest BCUT2D eigenvalue weighted by Gasteiger charge is 2.09. The molecule has 0 radical (unpaired) electrons. The Hall–Kier alpha value is -1.36. The highest BCUT2D eigenvalue weighted by Crippen LogP contribution is 2.05. The minimum absolute atomic E-state index is 0.0988. The van der Waals surface area contributed by atoms with Crippen LogP contribution in [-0.4, -0.2) is 27.3 Å². The maximum absolute atomic E-state index is 12.0. The zero-order valence-corrected chi connectivity index (χ0v) is 10.7. The number of hydrogen-bond acceptors (Lipinski definition) is 4. The molecule has 1 aromatic rings. The second-order valence-electron chi connectivity index (χ2n) is 4.49. The van der Waals surface area contributed by atoms with Crippen LogP contribution in [0.5, 0.6) is 0 Å². The summed E-state index contributed by atoms with van der Waals surface area (Å²) in [6, 6.07) is 0.254. The van der Waals surface area contributed by atoms with Crippen molar-refractivity contribution in [1.29, 1.82) is 0 Å². The van der Waals surface area contributed by atoms with Crippen LogP contribution in [0, 0.1) is 0 Å². The molecular weight excluding hydrogens is 218 g/mol. The Bertz CT molecular complexity index is 401. The first-order chi connectivity index (χ1) is 8.06. The molecule has 0 aliphatic carbocycles. The molecule has 0 aliphatic heterocycles. The molecular formula is C12H21N3O2. The van der Waals surface area contributed by atoms with Crippen molar-refractivity contribution in [2.75, 3.05) is 11.9 Å². The summed E-state index contributed by atoms with van der Waals surface area (Å²) in [6.07, 6.45) is 4.85. The first kappa shape index (κ1) is 13.7. The van der Waals surface area contributed by atoms with Crippen LogP contribution in [0.2, 0.25) is 0 Å². The molecule has 0 saturated carbocycles. The third kappa shape index (κ3) is 3.85. The lowest BCUT2D eigenvalue weighted by atomic mass is 10.2. The lowest BCUT2D eigenvalue weighted by molar-refractivity contribution is 0.282. The smallest absolute Gasteiger partial charge is 0.293 e. The van der Waals surface area contributed by atoms with E-state index in [1.54, 1.807) is 17.0 Å². The average Bonchev–Trinajstić information content (AvgIpc) is 2.28. The predicted molar refractivity (Wildman–Crippen MR) is 68.3 cm³/mol. The van der Waals surface area contributed by atoms with E-state index in [4.69, 9.17) is 5.11 Å². The van der Waals surface area contributed by atoms with E-state index >= 15 is 0 Å². The zero-order valence-electron chi connectivity index (χ0n) is 10.7. The number of hydrogen-bond donors (Lipinski definition) is 2. The van der Waals surface area contributed by atoms with E-state index in [9.17, 15) is 4.79 Å². The van der Waals surface area contributed by atoms with Crippen LogP contribution in [0.3, 0.4) is 0 Å². The zero-order chi connectivity index (χ0) is 12.8. The number of anilines is 1. The number of nitrogens with one attached hydrogen (secondary N) is 1. The van der Waals surface area contributed by atoms with Gasteiger partial charge in [-0.2, -0.15) is 0 Å². The molecule has 0 spiro atoms. The summed E-state index contributed by atoms with van der Waals surface area (Å²) in [6.45, 7) is 6.06. The number of aromatic nitrogens is 2. The second-order valence-corrected chi connectivity index (χ2v) is 4.49. The Balaban J connectivity index is 2.78. The summed E-state index contributed by atoms with van der Waals surface area (Å²) in [4.78, 5) is 16.1. The minimum atomic E-state index is -0.0988. The van der Waals surface area contributed by atoms with Gasteiger partial charge in [-0.05, 0) is 33.6 Å². The highest BCUT2D eigenvalue weighted by molar-refractivity contribution is 5.32. The van der Waals surface area contributed by atoms with Crippen LogP contribution in [0.1, 0.15) is 39.7 Å². The number of aliphatic hydroxyl groups is 1. The van der Waals surface area contributed by atoms with Crippen LogP contribution in [0.25, 0.3) is 0 Å². The molecule has 0 aliphatic rings. The fraction of sp³-hybridized carbons (Fsp3) is 0.667. The Morgan fingerprint density at radius 3 is 2.76 bits per heavy atom. The van der Waals surface area contributed by atoms with Gasteiger partial charge < -0.3 is 15.0 Å². The van der Waals surface area contributed by atoms with Crippen LogP contribution in [0.15, 0.2) is 17.2 Å². The van der Waals surface area contributed by atoms with Gasteiger partial charge in [0, 0.05) is 31.1 Å². The Morgan fingerprint density at radius 1 is 1.47 bits per heavy atom. The van der Waals surface area contributed by atoms with Crippen molar-refractivity contribution in [2.45, 2.75) is 45.7 Å². The van der Waals surface area contributed by atoms with Crippen molar-refractivity contribution in [3.63, 3.8) is 0 Å². The molecule has 0 saturated heterocycles. The predicted octanol–water partition coefficient (Wildman–Crippen LogP) is 1.40. The lowest BCUT2D eigenvalue weighted by Crippen LogP contribution is -2.28. The molecule has 1 rings (SSSR count). The van der Waals surface area contributed by atoms with Gasteiger partial charge in [-0.3, -0.25) is 4.79 Å². The van der Waals surface area contributed by atoms with E-state index in [1.165, 1.54) is 0 Å². The van der Waals surface area contributed by atoms with E-state index in [-0.39, 0.29) is 24.2 Å². The Labute approximate surface area is 102 Å². The molecule has 0 fully saturated rings. The van der Waals surface area contributed by atoms with Gasteiger partial charge in [-0.15, -0.1) is 0 Å². The van der Waals surface area contributed by atoms with Crippen LogP contribution in [0.4, 0.5) is 5.82 Å². The fourth-order valence-electron chi connectivity index (χ4n) is 1.63. The van der Waals surface area contributed by atoms with Crippen LogP contribution < -0.4 is 10.9 Å². The van der Waals surface area contributed by atoms with E-state index in [0.29, 0.717) is 5.82 Å². The topological polar surface area (TPSA) is 67.2 Å². The van der Waals surface area contributed by atoms with Gasteiger partial charge >= 0.3 is 0 Å². The van der Waals surface area contributed by atoms with E-state index in [1.807, 2.05) is 20.8 Å². The summed E-state index contributed by atoms with van der Waals surface area (Å²) in [5.41, 5.74) is -0.0988. The van der Waals surface area contributed by atoms with Crippen molar-refractivity contribution in [1.82, 2.24) is 9.55 Å². The van der Waals surface area contributed by atoms with Gasteiger partial charge in [0.15, 0.2) is 5.82 Å². The second kappa shape index (κ2) is 6.39. The standard InChI is InChI=1S/C12H21N3O2/c1-9(2)15-7-6-13-11(12(15)17)14-10(3)5-4-8-16/h6-7,9-10,16H,4-5,8H2,1-3H3,(H,13,14). The molecule has 96 valence electrons. The molecule has 2 N–H and O–H groups in total. The minimum Gasteiger partial charge on any atom is -0.396 e. The van der Waals surface area contributed by atoms with Gasteiger partial charge in [-0.1, -0.05) is 0 Å². The SMILES string of the molecule is CC(CCCO)Nc1nccn(C(C)C)c1=O. The van der Waals surface area contributed by atoms with Gasteiger partial charge in [0.05, 0.1) is 0 Å². The molecule has 0 bridgehead atoms. The summed E-state index contributed by atoms with van der Waals surface area (Å²) in [5, 5.41) is 11.8.